The number of rotatable bonds is 5. The van der Waals surface area contributed by atoms with Crippen LogP contribution in [0, 0.1) is 19.7 Å². The maximum Gasteiger partial charge on any atom is 0.229 e. The van der Waals surface area contributed by atoms with Crippen LogP contribution in [0.4, 0.5) is 4.39 Å². The third-order valence-corrected chi connectivity index (χ3v) is 6.36. The van der Waals surface area contributed by atoms with Gasteiger partial charge in [-0.2, -0.15) is 4.98 Å². The molecule has 0 unspecified atom stereocenters. The van der Waals surface area contributed by atoms with Gasteiger partial charge in [-0.3, -0.25) is 4.57 Å². The molecule has 9 nitrogen and oxygen atoms in total. The topological polar surface area (TPSA) is 96.7 Å². The van der Waals surface area contributed by atoms with Crippen LogP contribution in [-0.2, 0) is 13.2 Å². The molecular formula is C26H24FN7O2. The summed E-state index contributed by atoms with van der Waals surface area (Å²) in [5, 5.41) is 13.0. The molecule has 10 heteroatoms. The molecule has 0 amide bonds. The van der Waals surface area contributed by atoms with E-state index >= 15 is 0 Å². The van der Waals surface area contributed by atoms with E-state index in [1.807, 2.05) is 55.0 Å². The van der Waals surface area contributed by atoms with E-state index in [0.29, 0.717) is 41.2 Å². The Balaban J connectivity index is 1.46. The number of nitrogens with zero attached hydrogens (tertiary/aromatic N) is 7. The number of aromatic nitrogens is 7. The number of hydrogen-bond acceptors (Lipinski definition) is 7. The van der Waals surface area contributed by atoms with Crippen molar-refractivity contribution in [3.63, 3.8) is 0 Å². The zero-order valence-corrected chi connectivity index (χ0v) is 20.4. The number of aryl methyl sites for hydroxylation is 2. The summed E-state index contributed by atoms with van der Waals surface area (Å²) in [6.45, 7) is 8.56. The number of fused-ring (bicyclic) bond motifs is 5. The summed E-state index contributed by atoms with van der Waals surface area (Å²) in [6.07, 6.45) is 1.69. The van der Waals surface area contributed by atoms with Crippen LogP contribution < -0.4 is 4.74 Å². The summed E-state index contributed by atoms with van der Waals surface area (Å²) < 4.78 is 29.8. The Morgan fingerprint density at radius 3 is 2.67 bits per heavy atom. The van der Waals surface area contributed by atoms with Crippen molar-refractivity contribution in [3.05, 3.63) is 77.1 Å². The predicted octanol–water partition coefficient (Wildman–Crippen LogP) is 5.00. The highest BCUT2D eigenvalue weighted by atomic mass is 19.1. The number of hydrogen-bond donors (Lipinski definition) is 0. The van der Waals surface area contributed by atoms with Crippen LogP contribution in [0.15, 0.2) is 47.2 Å². The molecule has 6 rings (SSSR count). The molecular weight excluding hydrogens is 461 g/mol. The quantitative estimate of drug-likeness (QED) is 0.339. The van der Waals surface area contributed by atoms with Gasteiger partial charge in [-0.15, -0.1) is 10.2 Å². The first-order valence-corrected chi connectivity index (χ1v) is 11.7. The monoisotopic (exact) mass is 485 g/mol. The van der Waals surface area contributed by atoms with Crippen LogP contribution in [0.25, 0.3) is 28.6 Å². The lowest BCUT2D eigenvalue weighted by Gasteiger charge is -2.13. The minimum Gasteiger partial charge on any atom is -0.485 e. The van der Waals surface area contributed by atoms with Crippen molar-refractivity contribution in [2.75, 3.05) is 0 Å². The molecule has 2 aromatic carbocycles. The second-order valence-electron chi connectivity index (χ2n) is 9.22. The lowest BCUT2D eigenvalue weighted by atomic mass is 10.1. The van der Waals surface area contributed by atoms with Crippen molar-refractivity contribution in [2.24, 2.45) is 0 Å². The van der Waals surface area contributed by atoms with Crippen molar-refractivity contribution < 1.29 is 13.7 Å². The maximum absolute atomic E-state index is 14.4. The van der Waals surface area contributed by atoms with Gasteiger partial charge in [0.2, 0.25) is 11.7 Å². The van der Waals surface area contributed by atoms with Crippen molar-refractivity contribution in [1.82, 2.24) is 34.5 Å². The van der Waals surface area contributed by atoms with E-state index < -0.39 is 0 Å². The Labute approximate surface area is 206 Å². The van der Waals surface area contributed by atoms with Crippen molar-refractivity contribution in [1.29, 1.82) is 0 Å². The molecule has 3 aromatic heterocycles. The van der Waals surface area contributed by atoms with E-state index in [9.17, 15) is 4.39 Å². The van der Waals surface area contributed by atoms with Gasteiger partial charge < -0.3 is 13.8 Å². The highest BCUT2D eigenvalue weighted by Crippen LogP contribution is 2.35. The van der Waals surface area contributed by atoms with Gasteiger partial charge in [-0.25, -0.2) is 9.37 Å². The van der Waals surface area contributed by atoms with Crippen LogP contribution in [-0.4, -0.2) is 34.5 Å². The first-order chi connectivity index (χ1) is 17.4. The van der Waals surface area contributed by atoms with Gasteiger partial charge in [0.05, 0.1) is 17.9 Å². The van der Waals surface area contributed by atoms with Gasteiger partial charge in [-0.1, -0.05) is 37.2 Å². The van der Waals surface area contributed by atoms with Gasteiger partial charge in [-0.05, 0) is 43.2 Å². The molecule has 4 heterocycles. The van der Waals surface area contributed by atoms with E-state index in [1.165, 1.54) is 12.1 Å². The van der Waals surface area contributed by atoms with Gasteiger partial charge in [0.25, 0.3) is 0 Å². The average molecular weight is 486 g/mol. The van der Waals surface area contributed by atoms with Crippen molar-refractivity contribution >= 4 is 0 Å². The molecule has 0 aliphatic carbocycles. The van der Waals surface area contributed by atoms with Gasteiger partial charge in [0.1, 0.15) is 30.2 Å². The third-order valence-electron chi connectivity index (χ3n) is 6.36. The Bertz CT molecular complexity index is 1580. The molecule has 0 radical (unpaired) electrons. The molecule has 0 spiro atoms. The van der Waals surface area contributed by atoms with Crippen LogP contribution in [0.2, 0.25) is 0 Å². The van der Waals surface area contributed by atoms with Crippen LogP contribution in [0.1, 0.15) is 48.3 Å². The summed E-state index contributed by atoms with van der Waals surface area (Å²) in [5.74, 6) is 2.65. The highest BCUT2D eigenvalue weighted by molar-refractivity contribution is 5.71. The molecule has 0 saturated carbocycles. The summed E-state index contributed by atoms with van der Waals surface area (Å²) in [4.78, 5) is 9.15. The molecule has 0 N–H and O–H groups in total. The fourth-order valence-electron chi connectivity index (χ4n) is 4.50. The SMILES string of the molecule is Cc1cccc(C)c1OCc1nnc2n1Cc1c(-c3noc(C(C)C)n3)ncn1-c1ccc(F)cc1-2. The van der Waals surface area contributed by atoms with Crippen LogP contribution in [0.5, 0.6) is 5.75 Å². The third kappa shape index (κ3) is 3.57. The van der Waals surface area contributed by atoms with Crippen molar-refractivity contribution in [2.45, 2.75) is 46.8 Å². The lowest BCUT2D eigenvalue weighted by Crippen LogP contribution is -2.11. The number of para-hydroxylation sites is 1. The molecule has 1 aliphatic heterocycles. The smallest absolute Gasteiger partial charge is 0.229 e. The van der Waals surface area contributed by atoms with Crippen LogP contribution in [0.3, 0.4) is 0 Å². The standard InChI is InChI=1S/C26H24FN7O2/c1-14(2)26-29-24(32-36-26)22-20-11-33-21(12-35-23-15(3)6-5-7-16(23)4)30-31-25(33)18-10-17(27)8-9-19(18)34(20)13-28-22/h5-10,13-14H,11-12H2,1-4H3. The van der Waals surface area contributed by atoms with Crippen molar-refractivity contribution in [3.8, 4) is 34.3 Å². The van der Waals surface area contributed by atoms with Gasteiger partial charge >= 0.3 is 0 Å². The maximum atomic E-state index is 14.4. The molecule has 1 aliphatic rings. The number of imidazole rings is 1. The molecule has 0 fully saturated rings. The zero-order valence-electron chi connectivity index (χ0n) is 20.4. The first-order valence-electron chi connectivity index (χ1n) is 11.7. The molecule has 36 heavy (non-hydrogen) atoms. The Kier molecular flexibility index (Phi) is 5.17. The molecule has 0 bridgehead atoms. The van der Waals surface area contributed by atoms with E-state index in [1.54, 1.807) is 12.4 Å². The largest absolute Gasteiger partial charge is 0.485 e. The number of benzene rings is 2. The van der Waals surface area contributed by atoms with E-state index in [-0.39, 0.29) is 18.3 Å². The van der Waals surface area contributed by atoms with Gasteiger partial charge in [0, 0.05) is 11.5 Å². The summed E-state index contributed by atoms with van der Waals surface area (Å²) in [5.41, 5.74) is 4.83. The van der Waals surface area contributed by atoms with Crippen LogP contribution >= 0.6 is 0 Å². The molecule has 0 atom stereocenters. The predicted molar refractivity (Wildman–Crippen MR) is 129 cm³/mol. The normalized spacial score (nSPS) is 12.3. The lowest BCUT2D eigenvalue weighted by molar-refractivity contribution is 0.286. The average Bonchev–Trinajstić information content (AvgIpc) is 3.57. The summed E-state index contributed by atoms with van der Waals surface area (Å²) in [6, 6.07) is 10.6. The van der Waals surface area contributed by atoms with E-state index in [2.05, 4.69) is 25.3 Å². The highest BCUT2D eigenvalue weighted by Gasteiger charge is 2.28. The fraction of sp³-hybridized carbons (Fsp3) is 0.269. The minimum atomic E-state index is -0.361. The number of halogens is 1. The van der Waals surface area contributed by atoms with Gasteiger partial charge in [0.15, 0.2) is 11.6 Å². The second-order valence-corrected chi connectivity index (χ2v) is 9.22. The number of ether oxygens (including phenoxy) is 1. The summed E-state index contributed by atoms with van der Waals surface area (Å²) in [7, 11) is 0. The summed E-state index contributed by atoms with van der Waals surface area (Å²) >= 11 is 0. The Hall–Kier alpha value is -4.34. The molecule has 182 valence electrons. The molecule has 5 aromatic rings. The van der Waals surface area contributed by atoms with E-state index in [4.69, 9.17) is 9.26 Å². The van der Waals surface area contributed by atoms with E-state index in [0.717, 1.165) is 28.3 Å². The second kappa shape index (κ2) is 8.40. The molecule has 0 saturated heterocycles. The fourth-order valence-corrected chi connectivity index (χ4v) is 4.50. The Morgan fingerprint density at radius 2 is 1.92 bits per heavy atom. The zero-order chi connectivity index (χ0) is 25.0. The minimum absolute atomic E-state index is 0.0919. The Morgan fingerprint density at radius 1 is 1.11 bits per heavy atom. The first kappa shape index (κ1) is 22.1.